The van der Waals surface area contributed by atoms with Gasteiger partial charge in [0.1, 0.15) is 17.4 Å². The predicted molar refractivity (Wildman–Crippen MR) is 72.9 cm³/mol. The smallest absolute Gasteiger partial charge is 0.309 e. The third kappa shape index (κ3) is 4.59. The van der Waals surface area contributed by atoms with E-state index in [1.807, 2.05) is 5.38 Å². The standard InChI is InChI=1S/C13H14N2O3S/c14-10-1-3-11(4-2-10)17-7-5-13(16)18-9-12-15-6-8-19-12/h1-4,6,8H,5,7,9,14H2. The number of thiazole rings is 1. The minimum absolute atomic E-state index is 0.204. The van der Waals surface area contributed by atoms with Crippen molar-refractivity contribution >= 4 is 23.0 Å². The summed E-state index contributed by atoms with van der Waals surface area (Å²) in [5.41, 5.74) is 6.23. The molecule has 0 amide bonds. The van der Waals surface area contributed by atoms with Gasteiger partial charge in [-0.2, -0.15) is 0 Å². The van der Waals surface area contributed by atoms with E-state index in [0.717, 1.165) is 5.01 Å². The Labute approximate surface area is 115 Å². The van der Waals surface area contributed by atoms with E-state index in [1.54, 1.807) is 30.5 Å². The number of nitrogens with two attached hydrogens (primary N) is 1. The van der Waals surface area contributed by atoms with Crippen LogP contribution in [0.1, 0.15) is 11.4 Å². The minimum Gasteiger partial charge on any atom is -0.493 e. The third-order valence-corrected chi connectivity index (χ3v) is 3.05. The Morgan fingerprint density at radius 3 is 2.79 bits per heavy atom. The molecule has 0 aliphatic carbocycles. The number of carbonyl (C=O) groups excluding carboxylic acids is 1. The van der Waals surface area contributed by atoms with Crippen molar-refractivity contribution in [1.82, 2.24) is 4.98 Å². The minimum atomic E-state index is -0.300. The van der Waals surface area contributed by atoms with Crippen LogP contribution in [0, 0.1) is 0 Å². The Kier molecular flexibility index (Phi) is 4.74. The van der Waals surface area contributed by atoms with Crippen LogP contribution in [0.4, 0.5) is 5.69 Å². The van der Waals surface area contributed by atoms with Crippen molar-refractivity contribution in [3.63, 3.8) is 0 Å². The van der Waals surface area contributed by atoms with Crippen molar-refractivity contribution in [1.29, 1.82) is 0 Å². The molecule has 0 aliphatic rings. The van der Waals surface area contributed by atoms with Crippen LogP contribution in [-0.4, -0.2) is 17.6 Å². The summed E-state index contributed by atoms with van der Waals surface area (Å²) in [6.45, 7) is 0.499. The van der Waals surface area contributed by atoms with Crippen LogP contribution >= 0.6 is 11.3 Å². The number of anilines is 1. The summed E-state index contributed by atoms with van der Waals surface area (Å²) in [7, 11) is 0. The van der Waals surface area contributed by atoms with Gasteiger partial charge in [0, 0.05) is 17.3 Å². The maximum Gasteiger partial charge on any atom is 0.309 e. The lowest BCUT2D eigenvalue weighted by Gasteiger charge is -2.06. The molecule has 0 unspecified atom stereocenters. The fourth-order valence-electron chi connectivity index (χ4n) is 1.35. The molecular weight excluding hydrogens is 264 g/mol. The molecule has 1 aromatic carbocycles. The molecule has 0 radical (unpaired) electrons. The summed E-state index contributed by atoms with van der Waals surface area (Å²) in [6.07, 6.45) is 1.88. The molecule has 19 heavy (non-hydrogen) atoms. The fourth-order valence-corrected chi connectivity index (χ4v) is 1.88. The van der Waals surface area contributed by atoms with Gasteiger partial charge in [-0.3, -0.25) is 4.79 Å². The fraction of sp³-hybridized carbons (Fsp3) is 0.231. The van der Waals surface area contributed by atoms with Gasteiger partial charge in [-0.15, -0.1) is 11.3 Å². The topological polar surface area (TPSA) is 74.4 Å². The summed E-state index contributed by atoms with van der Waals surface area (Å²) in [5, 5.41) is 2.63. The van der Waals surface area contributed by atoms with Crippen molar-refractivity contribution in [3.05, 3.63) is 40.8 Å². The Morgan fingerprint density at radius 1 is 1.32 bits per heavy atom. The molecule has 2 aromatic rings. The SMILES string of the molecule is Nc1ccc(OCCC(=O)OCc2nccs2)cc1. The number of aromatic nitrogens is 1. The number of nitrogen functional groups attached to an aromatic ring is 1. The van der Waals surface area contributed by atoms with Crippen LogP contribution in [0.2, 0.25) is 0 Å². The number of esters is 1. The second-order valence-electron chi connectivity index (χ2n) is 3.75. The molecule has 2 N–H and O–H groups in total. The molecule has 0 atom stereocenters. The highest BCUT2D eigenvalue weighted by Crippen LogP contribution is 2.13. The molecule has 0 saturated carbocycles. The molecule has 0 bridgehead atoms. The van der Waals surface area contributed by atoms with Gasteiger partial charge in [-0.25, -0.2) is 4.98 Å². The monoisotopic (exact) mass is 278 g/mol. The quantitative estimate of drug-likeness (QED) is 0.648. The van der Waals surface area contributed by atoms with E-state index in [-0.39, 0.29) is 25.6 Å². The van der Waals surface area contributed by atoms with E-state index in [2.05, 4.69) is 4.98 Å². The summed E-state index contributed by atoms with van der Waals surface area (Å²) in [5.74, 6) is 0.382. The van der Waals surface area contributed by atoms with Crippen LogP contribution in [0.25, 0.3) is 0 Å². The van der Waals surface area contributed by atoms with Crippen molar-refractivity contribution in [2.24, 2.45) is 0 Å². The Hall–Kier alpha value is -2.08. The molecule has 0 fully saturated rings. The van der Waals surface area contributed by atoms with E-state index >= 15 is 0 Å². The number of ether oxygens (including phenoxy) is 2. The largest absolute Gasteiger partial charge is 0.493 e. The summed E-state index contributed by atoms with van der Waals surface area (Å²) in [4.78, 5) is 15.5. The average Bonchev–Trinajstić information content (AvgIpc) is 2.92. The highest BCUT2D eigenvalue weighted by Gasteiger charge is 2.05. The first-order valence-corrected chi connectivity index (χ1v) is 6.64. The van der Waals surface area contributed by atoms with Crippen molar-refractivity contribution in [2.75, 3.05) is 12.3 Å². The number of hydrogen-bond donors (Lipinski definition) is 1. The summed E-state index contributed by atoms with van der Waals surface area (Å²) >= 11 is 1.46. The Morgan fingerprint density at radius 2 is 2.11 bits per heavy atom. The predicted octanol–water partition coefficient (Wildman–Crippen LogP) is 2.24. The van der Waals surface area contributed by atoms with Gasteiger partial charge in [0.2, 0.25) is 0 Å². The molecule has 6 heteroatoms. The molecule has 5 nitrogen and oxygen atoms in total. The number of hydrogen-bond acceptors (Lipinski definition) is 6. The maximum atomic E-state index is 11.4. The molecular formula is C13H14N2O3S. The molecule has 0 saturated heterocycles. The van der Waals surface area contributed by atoms with Crippen LogP contribution < -0.4 is 10.5 Å². The second kappa shape index (κ2) is 6.75. The van der Waals surface area contributed by atoms with Gasteiger partial charge < -0.3 is 15.2 Å². The molecule has 1 heterocycles. The Bertz CT molecular complexity index is 511. The number of nitrogens with zero attached hydrogens (tertiary/aromatic N) is 1. The van der Waals surface area contributed by atoms with Crippen LogP contribution in [0.15, 0.2) is 35.8 Å². The molecule has 0 spiro atoms. The lowest BCUT2D eigenvalue weighted by molar-refractivity contribution is -0.145. The zero-order valence-electron chi connectivity index (χ0n) is 10.2. The van der Waals surface area contributed by atoms with Gasteiger partial charge in [-0.1, -0.05) is 0 Å². The lowest BCUT2D eigenvalue weighted by atomic mass is 10.3. The first-order chi connectivity index (χ1) is 9.24. The van der Waals surface area contributed by atoms with Crippen LogP contribution in [0.5, 0.6) is 5.75 Å². The molecule has 100 valence electrons. The van der Waals surface area contributed by atoms with E-state index in [1.165, 1.54) is 11.3 Å². The number of carbonyl (C=O) groups is 1. The lowest BCUT2D eigenvalue weighted by Crippen LogP contribution is -2.09. The molecule has 1 aromatic heterocycles. The normalized spacial score (nSPS) is 10.1. The van der Waals surface area contributed by atoms with Gasteiger partial charge in [-0.05, 0) is 24.3 Å². The first-order valence-electron chi connectivity index (χ1n) is 5.76. The van der Waals surface area contributed by atoms with Gasteiger partial charge in [0.25, 0.3) is 0 Å². The second-order valence-corrected chi connectivity index (χ2v) is 4.73. The van der Waals surface area contributed by atoms with Crippen molar-refractivity contribution < 1.29 is 14.3 Å². The Balaban J connectivity index is 1.65. The number of benzene rings is 1. The van der Waals surface area contributed by atoms with Crippen LogP contribution in [0.3, 0.4) is 0 Å². The molecule has 2 rings (SSSR count). The first kappa shape index (κ1) is 13.4. The van der Waals surface area contributed by atoms with Gasteiger partial charge >= 0.3 is 5.97 Å². The zero-order valence-corrected chi connectivity index (χ0v) is 11.1. The van der Waals surface area contributed by atoms with E-state index in [9.17, 15) is 4.79 Å². The molecule has 0 aliphatic heterocycles. The van der Waals surface area contributed by atoms with E-state index < -0.39 is 0 Å². The zero-order chi connectivity index (χ0) is 13.5. The van der Waals surface area contributed by atoms with E-state index in [4.69, 9.17) is 15.2 Å². The van der Waals surface area contributed by atoms with Crippen molar-refractivity contribution in [2.45, 2.75) is 13.0 Å². The van der Waals surface area contributed by atoms with Crippen molar-refractivity contribution in [3.8, 4) is 5.75 Å². The highest BCUT2D eigenvalue weighted by atomic mass is 32.1. The third-order valence-electron chi connectivity index (χ3n) is 2.30. The number of rotatable bonds is 6. The van der Waals surface area contributed by atoms with Gasteiger partial charge in [0.05, 0.1) is 13.0 Å². The maximum absolute atomic E-state index is 11.4. The summed E-state index contributed by atoms with van der Waals surface area (Å²) in [6, 6.07) is 7.01. The van der Waals surface area contributed by atoms with E-state index in [0.29, 0.717) is 11.4 Å². The highest BCUT2D eigenvalue weighted by molar-refractivity contribution is 7.09. The van der Waals surface area contributed by atoms with Crippen LogP contribution in [-0.2, 0) is 16.1 Å². The van der Waals surface area contributed by atoms with Gasteiger partial charge in [0.15, 0.2) is 0 Å². The summed E-state index contributed by atoms with van der Waals surface area (Å²) < 4.78 is 10.5. The average molecular weight is 278 g/mol.